The van der Waals surface area contributed by atoms with Crippen LogP contribution in [0.5, 0.6) is 5.75 Å². The second-order valence-electron chi connectivity index (χ2n) is 8.84. The van der Waals surface area contributed by atoms with E-state index in [9.17, 15) is 14.7 Å². The van der Waals surface area contributed by atoms with Gasteiger partial charge in [-0.3, -0.25) is 4.79 Å². The van der Waals surface area contributed by atoms with Crippen molar-refractivity contribution in [2.45, 2.75) is 64.6 Å². The summed E-state index contributed by atoms with van der Waals surface area (Å²) in [6.07, 6.45) is 4.09. The van der Waals surface area contributed by atoms with Crippen LogP contribution < -0.4 is 15.4 Å². The molecule has 1 aliphatic carbocycles. The Morgan fingerprint density at radius 2 is 1.91 bits per heavy atom. The summed E-state index contributed by atoms with van der Waals surface area (Å²) in [6.45, 7) is 4.20. The molecule has 2 aromatic carbocycles. The molecule has 7 nitrogen and oxygen atoms in total. The quantitative estimate of drug-likeness (QED) is 0.643. The van der Waals surface area contributed by atoms with E-state index in [-0.39, 0.29) is 18.5 Å². The number of ether oxygens (including phenoxy) is 1. The third-order valence-electron chi connectivity index (χ3n) is 6.80. The van der Waals surface area contributed by atoms with Gasteiger partial charge in [0.25, 0.3) is 0 Å². The summed E-state index contributed by atoms with van der Waals surface area (Å²) in [7, 11) is 1.61. The van der Waals surface area contributed by atoms with Crippen molar-refractivity contribution in [1.82, 2.24) is 4.90 Å². The number of methoxy groups -OCH3 is 1. The van der Waals surface area contributed by atoms with E-state index < -0.39 is 5.54 Å². The maximum Gasteiger partial charge on any atom is 0.323 e. The van der Waals surface area contributed by atoms with Gasteiger partial charge in [-0.05, 0) is 61.1 Å². The molecule has 0 spiro atoms. The van der Waals surface area contributed by atoms with Gasteiger partial charge in [-0.2, -0.15) is 0 Å². The first-order valence-corrected chi connectivity index (χ1v) is 11.2. The maximum absolute atomic E-state index is 13.7. The van der Waals surface area contributed by atoms with E-state index in [0.717, 1.165) is 41.5 Å². The smallest absolute Gasteiger partial charge is 0.323 e. The molecule has 3 amide bonds. The first-order chi connectivity index (χ1) is 15.4. The number of anilines is 2. The number of nitrogens with one attached hydrogen (secondary N) is 2. The molecule has 0 aromatic heterocycles. The summed E-state index contributed by atoms with van der Waals surface area (Å²) < 4.78 is 5.40. The van der Waals surface area contributed by atoms with E-state index >= 15 is 0 Å². The minimum Gasteiger partial charge on any atom is -0.496 e. The lowest BCUT2D eigenvalue weighted by molar-refractivity contribution is -0.128. The molecule has 2 aliphatic rings. The molecule has 170 valence electrons. The molecule has 32 heavy (non-hydrogen) atoms. The fourth-order valence-corrected chi connectivity index (χ4v) is 4.96. The van der Waals surface area contributed by atoms with E-state index in [1.54, 1.807) is 12.0 Å². The van der Waals surface area contributed by atoms with E-state index in [0.29, 0.717) is 36.5 Å². The Kier molecular flexibility index (Phi) is 6.11. The highest BCUT2D eigenvalue weighted by atomic mass is 16.5. The van der Waals surface area contributed by atoms with E-state index in [1.807, 2.05) is 44.2 Å². The predicted molar refractivity (Wildman–Crippen MR) is 124 cm³/mol. The molecule has 3 N–H and O–H groups in total. The summed E-state index contributed by atoms with van der Waals surface area (Å²) in [4.78, 5) is 28.6. The number of rotatable bonds is 5. The molecule has 0 bridgehead atoms. The molecule has 4 rings (SSSR count). The minimum absolute atomic E-state index is 0.0833. The third-order valence-corrected chi connectivity index (χ3v) is 6.80. The number of benzene rings is 2. The average Bonchev–Trinajstić information content (AvgIpc) is 2.80. The summed E-state index contributed by atoms with van der Waals surface area (Å²) >= 11 is 0. The first kappa shape index (κ1) is 22.1. The van der Waals surface area contributed by atoms with Crippen LogP contribution in [0.25, 0.3) is 0 Å². The number of aliphatic hydroxyl groups is 1. The topological polar surface area (TPSA) is 90.9 Å². The van der Waals surface area contributed by atoms with Gasteiger partial charge in [0.2, 0.25) is 5.91 Å². The monoisotopic (exact) mass is 437 g/mol. The number of hydrogen-bond donors (Lipinski definition) is 3. The number of hydrogen-bond acceptors (Lipinski definition) is 4. The van der Waals surface area contributed by atoms with Gasteiger partial charge in [0, 0.05) is 17.4 Å². The summed E-state index contributed by atoms with van der Waals surface area (Å²) in [6, 6.07) is 9.05. The van der Waals surface area contributed by atoms with Gasteiger partial charge in [0.05, 0.1) is 20.3 Å². The van der Waals surface area contributed by atoms with Gasteiger partial charge in [-0.15, -0.1) is 0 Å². The standard InChI is InChI=1S/C25H31N3O4/c1-16-7-8-19(13-22(16)32-3)26-23(30)25(9-5-4-6-10-25)28-14-20-17(2)11-18(15-29)12-21(20)27-24(28)31/h7-8,11-13,29H,4-6,9-10,14-15H2,1-3H3,(H,26,30)(H,27,31). The van der Waals surface area contributed by atoms with Gasteiger partial charge >= 0.3 is 6.03 Å². The zero-order valence-corrected chi connectivity index (χ0v) is 19.0. The van der Waals surface area contributed by atoms with Crippen molar-refractivity contribution >= 4 is 23.3 Å². The predicted octanol–water partition coefficient (Wildman–Crippen LogP) is 4.49. The fourth-order valence-electron chi connectivity index (χ4n) is 4.96. The van der Waals surface area contributed by atoms with Crippen LogP contribution in [0.4, 0.5) is 16.2 Å². The van der Waals surface area contributed by atoms with Crippen LogP contribution in [0.2, 0.25) is 0 Å². The Morgan fingerprint density at radius 3 is 2.59 bits per heavy atom. The van der Waals surface area contributed by atoms with Crippen molar-refractivity contribution in [1.29, 1.82) is 0 Å². The average molecular weight is 438 g/mol. The summed E-state index contributed by atoms with van der Waals surface area (Å²) in [5.74, 6) is 0.548. The Bertz CT molecular complexity index is 1040. The van der Waals surface area contributed by atoms with Crippen LogP contribution in [0.15, 0.2) is 30.3 Å². The van der Waals surface area contributed by atoms with Crippen molar-refractivity contribution in [2.24, 2.45) is 0 Å². The van der Waals surface area contributed by atoms with Gasteiger partial charge in [-0.25, -0.2) is 4.79 Å². The lowest BCUT2D eigenvalue weighted by Gasteiger charge is -2.47. The van der Waals surface area contributed by atoms with Crippen LogP contribution in [-0.4, -0.2) is 34.6 Å². The van der Waals surface area contributed by atoms with Crippen LogP contribution in [0, 0.1) is 13.8 Å². The SMILES string of the molecule is COc1cc(NC(=O)C2(N3Cc4c(C)cc(CO)cc4NC3=O)CCCCC2)ccc1C. The number of carbonyl (C=O) groups excluding carboxylic acids is 2. The van der Waals surface area contributed by atoms with Crippen LogP contribution in [-0.2, 0) is 17.9 Å². The highest BCUT2D eigenvalue weighted by Crippen LogP contribution is 2.40. The van der Waals surface area contributed by atoms with Gasteiger partial charge in [-0.1, -0.05) is 31.4 Å². The number of aryl methyl sites for hydroxylation is 2. The lowest BCUT2D eigenvalue weighted by Crippen LogP contribution is -2.61. The lowest BCUT2D eigenvalue weighted by atomic mass is 9.78. The number of nitrogens with zero attached hydrogens (tertiary/aromatic N) is 1. The molecule has 0 atom stereocenters. The van der Waals surface area contributed by atoms with Crippen molar-refractivity contribution < 1.29 is 19.4 Å². The van der Waals surface area contributed by atoms with Crippen LogP contribution in [0.3, 0.4) is 0 Å². The molecule has 1 heterocycles. The molecular weight excluding hydrogens is 406 g/mol. The molecule has 0 saturated heterocycles. The maximum atomic E-state index is 13.7. The van der Waals surface area contributed by atoms with E-state index in [4.69, 9.17) is 4.74 Å². The number of aliphatic hydroxyl groups excluding tert-OH is 1. The summed E-state index contributed by atoms with van der Waals surface area (Å²) in [5.41, 5.74) is 4.17. The van der Waals surface area contributed by atoms with Gasteiger partial charge in [0.1, 0.15) is 11.3 Å². The highest BCUT2D eigenvalue weighted by molar-refractivity contribution is 6.03. The molecule has 1 aliphatic heterocycles. The zero-order valence-electron chi connectivity index (χ0n) is 19.0. The number of carbonyl (C=O) groups is 2. The molecule has 1 saturated carbocycles. The molecular formula is C25H31N3O4. The summed E-state index contributed by atoms with van der Waals surface area (Å²) in [5, 5.41) is 15.5. The first-order valence-electron chi connectivity index (χ1n) is 11.2. The molecule has 1 fully saturated rings. The molecule has 7 heteroatoms. The molecule has 2 aromatic rings. The van der Waals surface area contributed by atoms with E-state index in [2.05, 4.69) is 10.6 Å². The zero-order chi connectivity index (χ0) is 22.9. The number of urea groups is 1. The van der Waals surface area contributed by atoms with Crippen molar-refractivity contribution in [3.8, 4) is 5.75 Å². The van der Waals surface area contributed by atoms with Crippen molar-refractivity contribution in [3.63, 3.8) is 0 Å². The van der Waals surface area contributed by atoms with Gasteiger partial charge in [0.15, 0.2) is 0 Å². The second-order valence-corrected chi connectivity index (χ2v) is 8.84. The Morgan fingerprint density at radius 1 is 1.16 bits per heavy atom. The number of amides is 3. The van der Waals surface area contributed by atoms with E-state index in [1.165, 1.54) is 0 Å². The molecule has 0 radical (unpaired) electrons. The molecule has 0 unspecified atom stereocenters. The minimum atomic E-state index is -0.916. The fraction of sp³-hybridized carbons (Fsp3) is 0.440. The Hall–Kier alpha value is -3.06. The van der Waals surface area contributed by atoms with Crippen molar-refractivity contribution in [2.75, 3.05) is 17.7 Å². The second kappa shape index (κ2) is 8.82. The van der Waals surface area contributed by atoms with Gasteiger partial charge < -0.3 is 25.4 Å². The van der Waals surface area contributed by atoms with Crippen LogP contribution >= 0.6 is 0 Å². The number of fused-ring (bicyclic) bond motifs is 1. The highest BCUT2D eigenvalue weighted by Gasteiger charge is 2.48. The Labute approximate surface area is 188 Å². The van der Waals surface area contributed by atoms with Crippen LogP contribution in [0.1, 0.15) is 54.4 Å². The third kappa shape index (κ3) is 3.93. The largest absolute Gasteiger partial charge is 0.496 e. The van der Waals surface area contributed by atoms with Crippen molar-refractivity contribution in [3.05, 3.63) is 52.6 Å². The Balaban J connectivity index is 1.67. The normalized spacial score (nSPS) is 17.4.